The molecule has 0 bridgehead atoms. The van der Waals surface area contributed by atoms with Crippen LogP contribution in [0.2, 0.25) is 5.02 Å². The second-order valence-electron chi connectivity index (χ2n) is 6.35. The molecule has 3 aromatic rings. The number of esters is 1. The Labute approximate surface area is 176 Å². The fourth-order valence-electron chi connectivity index (χ4n) is 3.25. The highest BCUT2D eigenvalue weighted by molar-refractivity contribution is 7.80. The maximum Gasteiger partial charge on any atom is 0.345 e. The zero-order valence-electron chi connectivity index (χ0n) is 15.2. The summed E-state index contributed by atoms with van der Waals surface area (Å²) < 4.78 is 10.4. The van der Waals surface area contributed by atoms with Crippen LogP contribution in [0, 0.1) is 0 Å². The fraction of sp³-hybridized carbons (Fsp3) is 0.0952. The Kier molecular flexibility index (Phi) is 5.08. The number of nitrogens with one attached hydrogen (secondary N) is 2. The first-order valence-corrected chi connectivity index (χ1v) is 9.45. The van der Waals surface area contributed by atoms with Crippen molar-refractivity contribution >= 4 is 51.6 Å². The molecule has 4 rings (SSSR count). The number of ether oxygens (including phenoxy) is 1. The lowest BCUT2D eigenvalue weighted by Crippen LogP contribution is -2.45. The van der Waals surface area contributed by atoms with Crippen molar-refractivity contribution in [1.82, 2.24) is 10.6 Å². The third kappa shape index (κ3) is 3.62. The van der Waals surface area contributed by atoms with Gasteiger partial charge in [0.15, 0.2) is 5.11 Å². The molecule has 1 aliphatic heterocycles. The zero-order valence-corrected chi connectivity index (χ0v) is 16.8. The summed E-state index contributed by atoms with van der Waals surface area (Å²) in [6.45, 7) is 0. The van der Waals surface area contributed by atoms with Crippen LogP contribution < -0.4 is 16.3 Å². The van der Waals surface area contributed by atoms with E-state index in [1.165, 1.54) is 7.11 Å². The standard InChI is InChI=1S/C21H15ClN2O4S/c1-27-20(26)16-17(11-6-8-13(22)9-7-11)23-21(29)24-18(16)14-10-12-4-2-3-5-15(12)28-19(14)25/h2-10,17H,1H3,(H2,23,24,29)/t17-/m0/s1. The monoisotopic (exact) mass is 426 g/mol. The van der Waals surface area contributed by atoms with Gasteiger partial charge in [-0.15, -0.1) is 0 Å². The molecule has 0 amide bonds. The Balaban J connectivity index is 1.97. The molecule has 0 unspecified atom stereocenters. The van der Waals surface area contributed by atoms with E-state index >= 15 is 0 Å². The van der Waals surface area contributed by atoms with Gasteiger partial charge in [-0.3, -0.25) is 0 Å². The van der Waals surface area contributed by atoms with E-state index in [-0.39, 0.29) is 21.9 Å². The van der Waals surface area contributed by atoms with E-state index in [0.717, 1.165) is 5.56 Å². The summed E-state index contributed by atoms with van der Waals surface area (Å²) >= 11 is 11.3. The molecule has 8 heteroatoms. The molecule has 6 nitrogen and oxygen atoms in total. The van der Waals surface area contributed by atoms with E-state index in [0.29, 0.717) is 16.0 Å². The van der Waals surface area contributed by atoms with Crippen molar-refractivity contribution in [3.05, 3.63) is 86.7 Å². The number of benzene rings is 2. The van der Waals surface area contributed by atoms with E-state index in [1.807, 2.05) is 12.1 Å². The van der Waals surface area contributed by atoms with E-state index in [4.69, 9.17) is 33.0 Å². The van der Waals surface area contributed by atoms with Crippen LogP contribution in [-0.4, -0.2) is 18.2 Å². The number of methoxy groups -OCH3 is 1. The van der Waals surface area contributed by atoms with Crippen molar-refractivity contribution < 1.29 is 13.9 Å². The Morgan fingerprint density at radius 1 is 1.17 bits per heavy atom. The molecule has 0 spiro atoms. The Hall–Kier alpha value is -3.16. The van der Waals surface area contributed by atoms with E-state index in [1.54, 1.807) is 42.5 Å². The quantitative estimate of drug-likeness (QED) is 0.376. The molecule has 146 valence electrons. The van der Waals surface area contributed by atoms with Gasteiger partial charge in [0, 0.05) is 10.4 Å². The first-order valence-electron chi connectivity index (χ1n) is 8.66. The van der Waals surface area contributed by atoms with Crippen molar-refractivity contribution in [2.45, 2.75) is 6.04 Å². The van der Waals surface area contributed by atoms with Crippen molar-refractivity contribution in [1.29, 1.82) is 0 Å². The van der Waals surface area contributed by atoms with Gasteiger partial charge in [0.1, 0.15) is 5.58 Å². The number of fused-ring (bicyclic) bond motifs is 1. The van der Waals surface area contributed by atoms with Gasteiger partial charge in [0.05, 0.1) is 30.0 Å². The van der Waals surface area contributed by atoms with Gasteiger partial charge in [0.2, 0.25) is 0 Å². The lowest BCUT2D eigenvalue weighted by Gasteiger charge is -2.30. The van der Waals surface area contributed by atoms with E-state index in [9.17, 15) is 9.59 Å². The molecule has 0 fully saturated rings. The molecule has 2 heterocycles. The predicted octanol–water partition coefficient (Wildman–Crippen LogP) is 3.55. The number of hydrogen-bond acceptors (Lipinski definition) is 5. The molecule has 0 saturated heterocycles. The van der Waals surface area contributed by atoms with Crippen LogP contribution in [-0.2, 0) is 9.53 Å². The average Bonchev–Trinajstić information content (AvgIpc) is 2.72. The maximum atomic E-state index is 12.7. The lowest BCUT2D eigenvalue weighted by atomic mass is 9.93. The van der Waals surface area contributed by atoms with Crippen LogP contribution in [0.1, 0.15) is 17.2 Å². The lowest BCUT2D eigenvalue weighted by molar-refractivity contribution is -0.136. The van der Waals surface area contributed by atoms with E-state index < -0.39 is 17.6 Å². The fourth-order valence-corrected chi connectivity index (χ4v) is 3.59. The Morgan fingerprint density at radius 2 is 1.90 bits per heavy atom. The number of rotatable bonds is 3. The molecule has 1 aliphatic rings. The largest absolute Gasteiger partial charge is 0.466 e. The third-order valence-electron chi connectivity index (χ3n) is 4.59. The first-order chi connectivity index (χ1) is 14.0. The summed E-state index contributed by atoms with van der Waals surface area (Å²) in [6, 6.07) is 15.1. The Bertz CT molecular complexity index is 1220. The summed E-state index contributed by atoms with van der Waals surface area (Å²) in [6.07, 6.45) is 0. The highest BCUT2D eigenvalue weighted by Crippen LogP contribution is 2.32. The second-order valence-corrected chi connectivity index (χ2v) is 7.19. The highest BCUT2D eigenvalue weighted by atomic mass is 35.5. The van der Waals surface area contributed by atoms with Gasteiger partial charge in [-0.25, -0.2) is 9.59 Å². The number of thiocarbonyl (C=S) groups is 1. The molecule has 0 saturated carbocycles. The second kappa shape index (κ2) is 7.69. The van der Waals surface area contributed by atoms with Gasteiger partial charge >= 0.3 is 11.6 Å². The van der Waals surface area contributed by atoms with Crippen LogP contribution >= 0.6 is 23.8 Å². The molecule has 0 aliphatic carbocycles. The molecular formula is C21H15ClN2O4S. The van der Waals surface area contributed by atoms with Crippen molar-refractivity contribution in [3.8, 4) is 0 Å². The minimum Gasteiger partial charge on any atom is -0.466 e. The van der Waals surface area contributed by atoms with Crippen molar-refractivity contribution in [2.24, 2.45) is 0 Å². The molecule has 0 radical (unpaired) electrons. The molecule has 29 heavy (non-hydrogen) atoms. The highest BCUT2D eigenvalue weighted by Gasteiger charge is 2.34. The van der Waals surface area contributed by atoms with Gasteiger partial charge in [-0.05, 0) is 42.0 Å². The van der Waals surface area contributed by atoms with E-state index in [2.05, 4.69) is 10.6 Å². The normalized spacial score (nSPS) is 16.3. The molecule has 1 atom stereocenters. The minimum absolute atomic E-state index is 0.187. The van der Waals surface area contributed by atoms with Crippen molar-refractivity contribution in [3.63, 3.8) is 0 Å². The molecular weight excluding hydrogens is 412 g/mol. The predicted molar refractivity (Wildman–Crippen MR) is 114 cm³/mol. The Morgan fingerprint density at radius 3 is 2.62 bits per heavy atom. The number of hydrogen-bond donors (Lipinski definition) is 2. The van der Waals surface area contributed by atoms with Crippen LogP contribution in [0.15, 0.2) is 69.4 Å². The smallest absolute Gasteiger partial charge is 0.345 e. The van der Waals surface area contributed by atoms with Gasteiger partial charge in [0.25, 0.3) is 0 Å². The summed E-state index contributed by atoms with van der Waals surface area (Å²) in [4.78, 5) is 25.4. The number of carbonyl (C=O) groups is 1. The number of carbonyl (C=O) groups excluding carboxylic acids is 1. The average molecular weight is 427 g/mol. The summed E-state index contributed by atoms with van der Waals surface area (Å²) in [5.41, 5.74) is 1.25. The van der Waals surface area contributed by atoms with Crippen LogP contribution in [0.3, 0.4) is 0 Å². The topological polar surface area (TPSA) is 80.6 Å². The maximum absolute atomic E-state index is 12.7. The molecule has 2 aromatic carbocycles. The number of para-hydroxylation sites is 1. The summed E-state index contributed by atoms with van der Waals surface area (Å²) in [5.74, 6) is -0.602. The summed E-state index contributed by atoms with van der Waals surface area (Å²) in [7, 11) is 1.28. The SMILES string of the molecule is COC(=O)C1=C(c2cc3ccccc3oc2=O)NC(=S)N[C@H]1c1ccc(Cl)cc1. The number of halogens is 1. The van der Waals surface area contributed by atoms with Gasteiger partial charge in [-0.2, -0.15) is 0 Å². The summed E-state index contributed by atoms with van der Waals surface area (Å²) in [5, 5.41) is 7.53. The van der Waals surface area contributed by atoms with Crippen LogP contribution in [0.25, 0.3) is 16.7 Å². The minimum atomic E-state index is -0.630. The molecule has 2 N–H and O–H groups in total. The third-order valence-corrected chi connectivity index (χ3v) is 5.06. The van der Waals surface area contributed by atoms with Crippen LogP contribution in [0.5, 0.6) is 0 Å². The van der Waals surface area contributed by atoms with Gasteiger partial charge in [-0.1, -0.05) is 41.9 Å². The first kappa shape index (κ1) is 19.2. The van der Waals surface area contributed by atoms with Crippen LogP contribution in [0.4, 0.5) is 0 Å². The zero-order chi connectivity index (χ0) is 20.5. The molecule has 1 aromatic heterocycles. The van der Waals surface area contributed by atoms with Crippen molar-refractivity contribution in [2.75, 3.05) is 7.11 Å². The van der Waals surface area contributed by atoms with Gasteiger partial charge < -0.3 is 19.8 Å².